The van der Waals surface area contributed by atoms with E-state index >= 15 is 0 Å². The minimum atomic E-state index is -1.15. The van der Waals surface area contributed by atoms with Gasteiger partial charge in [0.05, 0.1) is 13.2 Å². The highest BCUT2D eigenvalue weighted by molar-refractivity contribution is 6.54. The SMILES string of the molecule is O=C(Nc1cccc(-c2cc(-c3cccnc3N3CCOC(Cl)C3)no2)c1)C(Cl)Cl. The molecule has 156 valence electrons. The van der Waals surface area contributed by atoms with Gasteiger partial charge in [0.1, 0.15) is 17.1 Å². The molecular formula is C20H17Cl3N4O3. The van der Waals surface area contributed by atoms with Crippen molar-refractivity contribution in [1.29, 1.82) is 0 Å². The van der Waals surface area contributed by atoms with Crippen molar-refractivity contribution in [2.24, 2.45) is 0 Å². The number of rotatable bonds is 5. The Morgan fingerprint density at radius 1 is 1.23 bits per heavy atom. The van der Waals surface area contributed by atoms with Gasteiger partial charge in [-0.25, -0.2) is 4.98 Å². The van der Waals surface area contributed by atoms with Gasteiger partial charge in [0, 0.05) is 35.6 Å². The maximum absolute atomic E-state index is 11.7. The molecule has 0 radical (unpaired) electrons. The zero-order valence-electron chi connectivity index (χ0n) is 15.6. The first-order valence-corrected chi connectivity index (χ1v) is 10.4. The maximum atomic E-state index is 11.7. The number of hydrogen-bond donors (Lipinski definition) is 1. The number of amides is 1. The van der Waals surface area contributed by atoms with E-state index in [1.165, 1.54) is 0 Å². The average Bonchev–Trinajstić information content (AvgIpc) is 3.24. The van der Waals surface area contributed by atoms with Crippen LogP contribution in [0.15, 0.2) is 53.2 Å². The standard InChI is InChI=1S/C20H17Cl3N4O3/c21-17-11-27(7-8-29-17)19-14(5-2-6-24-19)15-10-16(30-26-15)12-3-1-4-13(9-12)25-20(28)18(22)23/h1-6,9-10,17-18H,7-8,11H2,(H,25,28). The van der Waals surface area contributed by atoms with E-state index in [2.05, 4.69) is 20.4 Å². The Morgan fingerprint density at radius 2 is 2.10 bits per heavy atom. The van der Waals surface area contributed by atoms with E-state index in [1.807, 2.05) is 24.3 Å². The summed E-state index contributed by atoms with van der Waals surface area (Å²) >= 11 is 17.3. The third-order valence-corrected chi connectivity index (χ3v) is 5.17. The Kier molecular flexibility index (Phi) is 6.43. The number of hydrogen-bond acceptors (Lipinski definition) is 6. The minimum absolute atomic E-state index is 0.389. The Labute approximate surface area is 187 Å². The molecule has 1 atom stereocenters. The molecule has 1 unspecified atom stereocenters. The highest BCUT2D eigenvalue weighted by atomic mass is 35.5. The van der Waals surface area contributed by atoms with Crippen molar-refractivity contribution in [3.63, 3.8) is 0 Å². The largest absolute Gasteiger partial charge is 0.359 e. The van der Waals surface area contributed by atoms with Crippen LogP contribution in [0.3, 0.4) is 0 Å². The maximum Gasteiger partial charge on any atom is 0.257 e. The third kappa shape index (κ3) is 4.70. The van der Waals surface area contributed by atoms with Crippen LogP contribution in [0.25, 0.3) is 22.6 Å². The average molecular weight is 468 g/mol. The molecule has 1 N–H and O–H groups in total. The summed E-state index contributed by atoms with van der Waals surface area (Å²) in [6.07, 6.45) is 1.73. The summed E-state index contributed by atoms with van der Waals surface area (Å²) in [7, 11) is 0. The number of anilines is 2. The molecule has 2 aromatic heterocycles. The molecule has 0 bridgehead atoms. The number of morpholine rings is 1. The highest BCUT2D eigenvalue weighted by Gasteiger charge is 2.23. The van der Waals surface area contributed by atoms with E-state index < -0.39 is 10.7 Å². The van der Waals surface area contributed by atoms with Crippen molar-refractivity contribution < 1.29 is 14.1 Å². The van der Waals surface area contributed by atoms with Gasteiger partial charge in [-0.05, 0) is 24.3 Å². The molecule has 3 aromatic rings. The number of carbonyl (C=O) groups is 1. The first-order valence-electron chi connectivity index (χ1n) is 9.13. The number of pyridine rings is 1. The monoisotopic (exact) mass is 466 g/mol. The molecule has 30 heavy (non-hydrogen) atoms. The van der Waals surface area contributed by atoms with Gasteiger partial charge in [-0.3, -0.25) is 4.79 Å². The molecular weight excluding hydrogens is 451 g/mol. The predicted octanol–water partition coefficient (Wildman–Crippen LogP) is 4.55. The molecule has 10 heteroatoms. The van der Waals surface area contributed by atoms with E-state index in [-0.39, 0.29) is 5.56 Å². The van der Waals surface area contributed by atoms with Crippen molar-refractivity contribution >= 4 is 52.2 Å². The van der Waals surface area contributed by atoms with E-state index in [9.17, 15) is 4.79 Å². The van der Waals surface area contributed by atoms with Crippen LogP contribution in [0.4, 0.5) is 11.5 Å². The van der Waals surface area contributed by atoms with Gasteiger partial charge in [0.2, 0.25) is 0 Å². The number of nitrogens with zero attached hydrogens (tertiary/aromatic N) is 3. The highest BCUT2D eigenvalue weighted by Crippen LogP contribution is 2.33. The van der Waals surface area contributed by atoms with Gasteiger partial charge in [-0.1, -0.05) is 52.1 Å². The molecule has 0 spiro atoms. The normalized spacial score (nSPS) is 16.7. The molecule has 1 amide bonds. The van der Waals surface area contributed by atoms with Crippen molar-refractivity contribution in [3.05, 3.63) is 48.7 Å². The first-order chi connectivity index (χ1) is 14.5. The van der Waals surface area contributed by atoms with E-state index in [0.29, 0.717) is 36.8 Å². The smallest absolute Gasteiger partial charge is 0.257 e. The van der Waals surface area contributed by atoms with Crippen molar-refractivity contribution in [2.75, 3.05) is 29.9 Å². The molecule has 1 saturated heterocycles. The van der Waals surface area contributed by atoms with Crippen molar-refractivity contribution in [1.82, 2.24) is 10.1 Å². The fraction of sp³-hybridized carbons (Fsp3) is 0.250. The lowest BCUT2D eigenvalue weighted by Gasteiger charge is -2.31. The Balaban J connectivity index is 1.61. The summed E-state index contributed by atoms with van der Waals surface area (Å²) in [6.45, 7) is 1.74. The lowest BCUT2D eigenvalue weighted by molar-refractivity contribution is -0.114. The van der Waals surface area contributed by atoms with Crippen LogP contribution in [-0.4, -0.2) is 46.1 Å². The zero-order chi connectivity index (χ0) is 21.1. The summed E-state index contributed by atoms with van der Waals surface area (Å²) < 4.78 is 11.0. The van der Waals surface area contributed by atoms with Crippen LogP contribution < -0.4 is 10.2 Å². The topological polar surface area (TPSA) is 80.5 Å². The molecule has 0 saturated carbocycles. The summed E-state index contributed by atoms with van der Waals surface area (Å²) in [5.41, 5.74) is 2.37. The second-order valence-corrected chi connectivity index (χ2v) is 8.13. The number of carbonyl (C=O) groups excluding carboxylic acids is 1. The fourth-order valence-corrected chi connectivity index (χ4v) is 3.50. The molecule has 0 aliphatic carbocycles. The van der Waals surface area contributed by atoms with Gasteiger partial charge < -0.3 is 19.5 Å². The van der Waals surface area contributed by atoms with Crippen LogP contribution in [-0.2, 0) is 9.53 Å². The van der Waals surface area contributed by atoms with Gasteiger partial charge in [0.25, 0.3) is 5.91 Å². The van der Waals surface area contributed by atoms with Gasteiger partial charge in [-0.2, -0.15) is 0 Å². The molecule has 4 rings (SSSR count). The van der Waals surface area contributed by atoms with Gasteiger partial charge in [0.15, 0.2) is 10.6 Å². The quantitative estimate of drug-likeness (QED) is 0.555. The Morgan fingerprint density at radius 3 is 2.90 bits per heavy atom. The lowest BCUT2D eigenvalue weighted by Crippen LogP contribution is -2.40. The molecule has 7 nitrogen and oxygen atoms in total. The first kappa shape index (κ1) is 20.9. The Hall–Kier alpha value is -2.32. The number of alkyl halides is 3. The lowest BCUT2D eigenvalue weighted by atomic mass is 10.1. The molecule has 1 aliphatic heterocycles. The predicted molar refractivity (Wildman–Crippen MR) is 117 cm³/mol. The Bertz CT molecular complexity index is 1040. The van der Waals surface area contributed by atoms with Crippen molar-refractivity contribution in [3.8, 4) is 22.6 Å². The second kappa shape index (κ2) is 9.22. The van der Waals surface area contributed by atoms with Crippen LogP contribution in [0.2, 0.25) is 0 Å². The number of nitrogens with one attached hydrogen (secondary N) is 1. The third-order valence-electron chi connectivity index (χ3n) is 4.51. The molecule has 1 fully saturated rings. The zero-order valence-corrected chi connectivity index (χ0v) is 17.9. The van der Waals surface area contributed by atoms with Crippen LogP contribution in [0.5, 0.6) is 0 Å². The number of aromatic nitrogens is 2. The summed E-state index contributed by atoms with van der Waals surface area (Å²) in [5, 5.41) is 6.86. The number of halogens is 3. The van der Waals surface area contributed by atoms with Gasteiger partial charge in [-0.15, -0.1) is 0 Å². The fourth-order valence-electron chi connectivity index (χ4n) is 3.13. The summed E-state index contributed by atoms with van der Waals surface area (Å²) in [6, 6.07) is 12.7. The van der Waals surface area contributed by atoms with Crippen LogP contribution in [0, 0.1) is 0 Å². The number of ether oxygens (including phenoxy) is 1. The summed E-state index contributed by atoms with van der Waals surface area (Å²) in [5.74, 6) is 0.806. The van der Waals surface area contributed by atoms with E-state index in [1.54, 1.807) is 24.4 Å². The second-order valence-electron chi connectivity index (χ2n) is 6.55. The van der Waals surface area contributed by atoms with Crippen molar-refractivity contribution in [2.45, 2.75) is 10.4 Å². The molecule has 1 aliphatic rings. The van der Waals surface area contributed by atoms with E-state index in [0.717, 1.165) is 16.9 Å². The van der Waals surface area contributed by atoms with Gasteiger partial charge >= 0.3 is 0 Å². The molecule has 3 heterocycles. The number of benzene rings is 1. The van der Waals surface area contributed by atoms with Crippen LogP contribution >= 0.6 is 34.8 Å². The summed E-state index contributed by atoms with van der Waals surface area (Å²) in [4.78, 5) is 17.1. The van der Waals surface area contributed by atoms with Crippen LogP contribution in [0.1, 0.15) is 0 Å². The minimum Gasteiger partial charge on any atom is -0.359 e. The molecule has 1 aromatic carbocycles. The van der Waals surface area contributed by atoms with E-state index in [4.69, 9.17) is 44.1 Å².